The molecule has 0 amide bonds. The summed E-state index contributed by atoms with van der Waals surface area (Å²) in [4.78, 5) is 12.6. The monoisotopic (exact) mass is 468 g/mol. The van der Waals surface area contributed by atoms with Crippen LogP contribution in [0.4, 0.5) is 33.7 Å². The summed E-state index contributed by atoms with van der Waals surface area (Å²) in [6.45, 7) is 0. The van der Waals surface area contributed by atoms with Gasteiger partial charge in [0.1, 0.15) is 11.3 Å². The Morgan fingerprint density at radius 3 is 2.35 bits per heavy atom. The summed E-state index contributed by atoms with van der Waals surface area (Å²) < 4.78 is 68.8. The lowest BCUT2D eigenvalue weighted by molar-refractivity contribution is -0.137. The molecule has 0 bridgehead atoms. The van der Waals surface area contributed by atoms with Crippen LogP contribution < -0.4 is 5.32 Å². The minimum Gasteiger partial charge on any atom is -0.307 e. The Balaban J connectivity index is 1.67. The number of hydrogen-bond acceptors (Lipinski definition) is 5. The number of aromatic nitrogens is 5. The minimum atomic E-state index is -4.61. The maximum absolute atomic E-state index is 14.0. The molecule has 5 aromatic rings. The van der Waals surface area contributed by atoms with Crippen molar-refractivity contribution in [1.82, 2.24) is 25.1 Å². The van der Waals surface area contributed by atoms with Crippen molar-refractivity contribution < 1.29 is 22.0 Å². The van der Waals surface area contributed by atoms with E-state index in [-0.39, 0.29) is 33.9 Å². The molecular formula is C23H13F5N6. The maximum Gasteiger partial charge on any atom is 0.417 e. The van der Waals surface area contributed by atoms with Crippen molar-refractivity contribution in [3.63, 3.8) is 0 Å². The lowest BCUT2D eigenvalue weighted by atomic mass is 10.0. The average molecular weight is 468 g/mol. The van der Waals surface area contributed by atoms with E-state index in [0.29, 0.717) is 17.3 Å². The van der Waals surface area contributed by atoms with Crippen LogP contribution in [0.2, 0.25) is 0 Å². The fourth-order valence-corrected chi connectivity index (χ4v) is 3.51. The van der Waals surface area contributed by atoms with E-state index in [1.165, 1.54) is 36.7 Å². The van der Waals surface area contributed by atoms with Gasteiger partial charge < -0.3 is 5.32 Å². The van der Waals surface area contributed by atoms with Crippen LogP contribution in [0.15, 0.2) is 67.0 Å². The van der Waals surface area contributed by atoms with E-state index in [1.807, 2.05) is 0 Å². The van der Waals surface area contributed by atoms with Crippen molar-refractivity contribution in [1.29, 1.82) is 0 Å². The predicted octanol–water partition coefficient (Wildman–Crippen LogP) is 6.12. The van der Waals surface area contributed by atoms with E-state index in [1.54, 1.807) is 12.1 Å². The van der Waals surface area contributed by atoms with Crippen LogP contribution in [-0.2, 0) is 6.18 Å². The van der Waals surface area contributed by atoms with E-state index in [0.717, 1.165) is 12.1 Å². The first kappa shape index (κ1) is 21.4. The van der Waals surface area contributed by atoms with Crippen molar-refractivity contribution in [3.8, 4) is 22.5 Å². The maximum atomic E-state index is 14.0. The Morgan fingerprint density at radius 2 is 1.59 bits per heavy atom. The Morgan fingerprint density at radius 1 is 0.853 bits per heavy atom. The number of H-pyrrole nitrogens is 1. The van der Waals surface area contributed by atoms with Gasteiger partial charge in [0.15, 0.2) is 11.6 Å². The molecule has 5 rings (SSSR count). The molecular weight excluding hydrogens is 455 g/mol. The summed E-state index contributed by atoms with van der Waals surface area (Å²) in [6, 6.07) is 11.5. The molecule has 170 valence electrons. The Labute approximate surface area is 188 Å². The number of aromatic amines is 1. The highest BCUT2D eigenvalue weighted by atomic mass is 19.4. The molecule has 11 heteroatoms. The van der Waals surface area contributed by atoms with E-state index < -0.39 is 23.4 Å². The second-order valence-electron chi connectivity index (χ2n) is 7.25. The van der Waals surface area contributed by atoms with E-state index in [2.05, 4.69) is 30.5 Å². The highest BCUT2D eigenvalue weighted by Gasteiger charge is 2.34. The number of nitrogens with zero attached hydrogens (tertiary/aromatic N) is 4. The summed E-state index contributed by atoms with van der Waals surface area (Å²) in [7, 11) is 0. The number of nitrogens with one attached hydrogen (secondary N) is 2. The number of benzene rings is 2. The second-order valence-corrected chi connectivity index (χ2v) is 7.25. The highest BCUT2D eigenvalue weighted by molar-refractivity contribution is 5.91. The third-order valence-corrected chi connectivity index (χ3v) is 5.03. The average Bonchev–Trinajstić information content (AvgIpc) is 3.21. The van der Waals surface area contributed by atoms with Gasteiger partial charge in [-0.15, -0.1) is 0 Å². The zero-order chi connectivity index (χ0) is 23.9. The molecule has 0 atom stereocenters. The number of anilines is 2. The molecule has 0 unspecified atom stereocenters. The molecule has 0 spiro atoms. The Kier molecular flexibility index (Phi) is 5.16. The molecule has 0 radical (unpaired) electrons. The van der Waals surface area contributed by atoms with Gasteiger partial charge >= 0.3 is 6.18 Å². The van der Waals surface area contributed by atoms with Crippen LogP contribution in [-0.4, -0.2) is 25.1 Å². The molecule has 6 nitrogen and oxygen atoms in total. The molecule has 34 heavy (non-hydrogen) atoms. The van der Waals surface area contributed by atoms with Crippen LogP contribution in [0.1, 0.15) is 5.56 Å². The molecule has 3 aromatic heterocycles. The summed E-state index contributed by atoms with van der Waals surface area (Å²) in [6.07, 6.45) is -1.58. The number of halogens is 5. The summed E-state index contributed by atoms with van der Waals surface area (Å²) in [5, 5.41) is 9.26. The van der Waals surface area contributed by atoms with Gasteiger partial charge in [-0.1, -0.05) is 18.2 Å². The summed E-state index contributed by atoms with van der Waals surface area (Å²) in [5.41, 5.74) is -0.181. The lowest BCUT2D eigenvalue weighted by Crippen LogP contribution is -2.08. The minimum absolute atomic E-state index is 0.00515. The van der Waals surface area contributed by atoms with E-state index in [4.69, 9.17) is 0 Å². The molecule has 2 aromatic carbocycles. The normalized spacial score (nSPS) is 11.7. The third kappa shape index (κ3) is 4.03. The topological polar surface area (TPSA) is 79.4 Å². The highest BCUT2D eigenvalue weighted by Crippen LogP contribution is 2.37. The van der Waals surface area contributed by atoms with Crippen molar-refractivity contribution in [3.05, 3.63) is 84.2 Å². The first-order chi connectivity index (χ1) is 16.3. The van der Waals surface area contributed by atoms with Gasteiger partial charge in [-0.25, -0.2) is 18.7 Å². The Bertz CT molecular complexity index is 1500. The predicted molar refractivity (Wildman–Crippen MR) is 115 cm³/mol. The summed E-state index contributed by atoms with van der Waals surface area (Å²) in [5.74, 6) is -1.77. The zero-order valence-corrected chi connectivity index (χ0v) is 17.0. The molecule has 3 heterocycles. The zero-order valence-electron chi connectivity index (χ0n) is 17.0. The van der Waals surface area contributed by atoms with Crippen LogP contribution in [0.3, 0.4) is 0 Å². The summed E-state index contributed by atoms with van der Waals surface area (Å²) >= 11 is 0. The van der Waals surface area contributed by atoms with Crippen molar-refractivity contribution >= 4 is 22.7 Å². The third-order valence-electron chi connectivity index (χ3n) is 5.03. The van der Waals surface area contributed by atoms with E-state index in [9.17, 15) is 22.0 Å². The van der Waals surface area contributed by atoms with Gasteiger partial charge in [-0.05, 0) is 30.3 Å². The van der Waals surface area contributed by atoms with Gasteiger partial charge in [0.25, 0.3) is 0 Å². The first-order valence-corrected chi connectivity index (χ1v) is 9.86. The first-order valence-electron chi connectivity index (χ1n) is 9.86. The number of alkyl halides is 3. The van der Waals surface area contributed by atoms with Crippen molar-refractivity contribution in [2.45, 2.75) is 6.18 Å². The number of pyridine rings is 1. The quantitative estimate of drug-likeness (QED) is 0.311. The molecule has 0 aliphatic heterocycles. The van der Waals surface area contributed by atoms with Gasteiger partial charge in [-0.3, -0.25) is 10.1 Å². The van der Waals surface area contributed by atoms with E-state index >= 15 is 0 Å². The van der Waals surface area contributed by atoms with Gasteiger partial charge in [0.2, 0.25) is 5.95 Å². The molecule has 0 saturated carbocycles. The standard InChI is InChI=1S/C23H13F5N6/c24-13-9-15-20(17(25)10-13)33-34-21(15)32-22-30-18(12-5-7-29-8-6-12)11-19(31-22)14-3-1-2-4-16(14)23(26,27)28/h1-11H,(H2,30,31,32,33,34). The second kappa shape index (κ2) is 8.18. The van der Waals surface area contributed by atoms with Gasteiger partial charge in [0.05, 0.1) is 22.3 Å². The molecule has 0 saturated heterocycles. The molecule has 0 aliphatic rings. The number of hydrogen-bond donors (Lipinski definition) is 2. The van der Waals surface area contributed by atoms with Crippen LogP contribution in [0, 0.1) is 11.6 Å². The smallest absolute Gasteiger partial charge is 0.307 e. The molecule has 0 fully saturated rings. The molecule has 2 N–H and O–H groups in total. The Hall–Kier alpha value is -4.41. The fourth-order valence-electron chi connectivity index (χ4n) is 3.51. The van der Waals surface area contributed by atoms with Crippen molar-refractivity contribution in [2.24, 2.45) is 0 Å². The van der Waals surface area contributed by atoms with Crippen LogP contribution >= 0.6 is 0 Å². The SMILES string of the molecule is Fc1cc(F)c2[nH]nc(Nc3nc(-c4ccncc4)cc(-c4ccccc4C(F)(F)F)n3)c2c1. The number of rotatable bonds is 4. The van der Waals surface area contributed by atoms with Crippen LogP contribution in [0.25, 0.3) is 33.4 Å². The van der Waals surface area contributed by atoms with Crippen LogP contribution in [0.5, 0.6) is 0 Å². The van der Waals surface area contributed by atoms with Gasteiger partial charge in [0, 0.05) is 29.6 Å². The van der Waals surface area contributed by atoms with Gasteiger partial charge in [-0.2, -0.15) is 18.3 Å². The lowest BCUT2D eigenvalue weighted by Gasteiger charge is -2.14. The molecule has 0 aliphatic carbocycles. The van der Waals surface area contributed by atoms with Crippen molar-refractivity contribution in [2.75, 3.05) is 5.32 Å². The number of fused-ring (bicyclic) bond motifs is 1. The fraction of sp³-hybridized carbons (Fsp3) is 0.0435. The largest absolute Gasteiger partial charge is 0.417 e.